The Morgan fingerprint density at radius 3 is 1.52 bits per heavy atom. The number of carboxylic acid groups (broad SMARTS) is 2. The van der Waals surface area contributed by atoms with Gasteiger partial charge in [0, 0.05) is 74.8 Å². The van der Waals surface area contributed by atoms with Crippen molar-refractivity contribution in [3.8, 4) is 11.1 Å². The number of carbonyl (C=O) groups excluding carboxylic acids is 7. The van der Waals surface area contributed by atoms with Crippen LogP contribution in [-0.4, -0.2) is 235 Å². The van der Waals surface area contributed by atoms with E-state index in [1.807, 2.05) is 0 Å². The van der Waals surface area contributed by atoms with Crippen LogP contribution < -0.4 is 54.2 Å². The summed E-state index contributed by atoms with van der Waals surface area (Å²) in [7, 11) is 0. The zero-order valence-corrected chi connectivity index (χ0v) is 57.4. The first-order valence-electron chi connectivity index (χ1n) is 33.2. The van der Waals surface area contributed by atoms with Gasteiger partial charge in [-0.05, 0) is 74.3 Å². The highest BCUT2D eigenvalue weighted by Crippen LogP contribution is 2.24. The second kappa shape index (κ2) is 44.1. The second-order valence-corrected chi connectivity index (χ2v) is 24.9. The van der Waals surface area contributed by atoms with Gasteiger partial charge in [-0.15, -0.1) is 0 Å². The summed E-state index contributed by atoms with van der Waals surface area (Å²) in [5.41, 5.74) is 6.48. The van der Waals surface area contributed by atoms with Crippen molar-refractivity contribution in [1.82, 2.24) is 46.4 Å². The summed E-state index contributed by atoms with van der Waals surface area (Å²) in [6.07, 6.45) is -17.4. The minimum atomic E-state index is -2.07. The van der Waals surface area contributed by atoms with E-state index in [0.717, 1.165) is 21.3 Å². The standard InChI is InChI=1S/C67H94F2N10O23S/c1-36-57(65(99)79(32-43(70)38-13-6-5-7-14-38)67(102)78(36)31-40-41(68)16-11-17-42(40)69)39-15-10-12-37(28-39)19-23-52(86)71-27-9-4-2-3-8-18-55(89)74-44(20-24-53(87)72-29-48(82)58(92)60(94)50(84)33-80)62(96)76-46(22-26-56(90)91)63(97)75-45(64(98)77-47(35-103)66(100)101)21-25-54(88)73-30-49(83)59(93)61(95)51(85)34-81/h5-7,10-17,28,43-51,58-61,80-85,92-95,103H,2-4,8-9,18-27,29-35,70H2,1H3,(H,71,86)(H,72,87)(H,73,88)(H,74,89)(H,75,97)(H,76,96)(H,77,98)(H,90,91)(H,100,101)/t43-,44-,45-,46-,47-,48+,49+,50-,51-,58-,59-,60-,61-/m1/s1. The fraction of sp³-hybridized carbons (Fsp3) is 0.537. The van der Waals surface area contributed by atoms with Crippen LogP contribution in [0, 0.1) is 18.6 Å². The van der Waals surface area contributed by atoms with E-state index in [2.05, 4.69) is 49.8 Å². The maximum Gasteiger partial charge on any atom is 0.331 e. The molecular weight excluding hydrogens is 1380 g/mol. The lowest BCUT2D eigenvalue weighted by Crippen LogP contribution is -2.58. The lowest BCUT2D eigenvalue weighted by atomic mass is 10.00. The normalized spacial score (nSPS) is 15.2. The van der Waals surface area contributed by atoms with Crippen molar-refractivity contribution in [3.05, 3.63) is 128 Å². The van der Waals surface area contributed by atoms with E-state index in [0.29, 0.717) is 42.4 Å². The van der Waals surface area contributed by atoms with E-state index in [1.54, 1.807) is 54.6 Å². The summed E-state index contributed by atoms with van der Waals surface area (Å²) in [5, 5.41) is 134. The third-order valence-corrected chi connectivity index (χ3v) is 17.1. The van der Waals surface area contributed by atoms with Crippen molar-refractivity contribution >= 4 is 65.9 Å². The molecule has 0 saturated heterocycles. The van der Waals surface area contributed by atoms with Crippen LogP contribution in [0.2, 0.25) is 0 Å². The van der Waals surface area contributed by atoms with Gasteiger partial charge in [0.25, 0.3) is 5.56 Å². The highest BCUT2D eigenvalue weighted by Gasteiger charge is 2.35. The van der Waals surface area contributed by atoms with Gasteiger partial charge < -0.3 is 104 Å². The summed E-state index contributed by atoms with van der Waals surface area (Å²) in [6.45, 7) is -2.51. The molecule has 570 valence electrons. The number of hydrogen-bond donors (Lipinski definition) is 21. The minimum absolute atomic E-state index is 0.0313. The Kier molecular flexibility index (Phi) is 37.1. The van der Waals surface area contributed by atoms with Crippen LogP contribution in [0.15, 0.2) is 82.4 Å². The molecule has 36 heteroatoms. The summed E-state index contributed by atoms with van der Waals surface area (Å²) in [6, 6.07) is 10.9. The molecule has 3 aromatic carbocycles. The number of thiol groups is 1. The number of aryl methyl sites for hydroxylation is 1. The SMILES string of the molecule is Cc1c(-c2cccc(CCC(=O)NCCCCCCCC(=O)N[C@H](CCC(=O)NC[C@H](O)[C@@H](O)[C@H](O)[C@H](O)CO)C(=O)N[C@H](CCC(=O)O)C(=O)N[C@H](CCC(=O)NC[C@H](O)[C@@H](O)[C@H](O)[C@H](O)CO)C(=O)N[C@H](CS)C(=O)O)c2)c(=O)n(C[C@@H](N)c2ccccc2)c(=O)n1Cc1c(F)cccc1F. The maximum absolute atomic E-state index is 15.0. The van der Waals surface area contributed by atoms with Crippen molar-refractivity contribution in [2.24, 2.45) is 5.73 Å². The summed E-state index contributed by atoms with van der Waals surface area (Å²) < 4.78 is 32.1. The van der Waals surface area contributed by atoms with Crippen LogP contribution in [0.5, 0.6) is 0 Å². The molecule has 0 bridgehead atoms. The molecule has 0 spiro atoms. The highest BCUT2D eigenvalue weighted by atomic mass is 32.1. The topological polar surface area (TPSA) is 551 Å². The first kappa shape index (κ1) is 86.7. The van der Waals surface area contributed by atoms with E-state index < -0.39 is 226 Å². The van der Waals surface area contributed by atoms with Gasteiger partial charge in [-0.3, -0.25) is 52.3 Å². The van der Waals surface area contributed by atoms with Gasteiger partial charge in [-0.25, -0.2) is 18.4 Å². The van der Waals surface area contributed by atoms with E-state index in [1.165, 1.54) is 13.0 Å². The van der Waals surface area contributed by atoms with Crippen LogP contribution in [0.3, 0.4) is 0 Å². The molecule has 4 rings (SSSR count). The molecule has 4 aromatic rings. The quantitative estimate of drug-likeness (QED) is 0.0148. The Morgan fingerprint density at radius 1 is 0.534 bits per heavy atom. The van der Waals surface area contributed by atoms with Crippen LogP contribution in [0.1, 0.15) is 112 Å². The molecule has 0 radical (unpaired) electrons. The molecule has 1 heterocycles. The number of nitrogens with zero attached hydrogens (tertiary/aromatic N) is 2. The number of hydrogen-bond acceptors (Lipinski definition) is 23. The van der Waals surface area contributed by atoms with Gasteiger partial charge in [0.1, 0.15) is 72.4 Å². The van der Waals surface area contributed by atoms with Gasteiger partial charge in [0.2, 0.25) is 41.4 Å². The van der Waals surface area contributed by atoms with E-state index in [9.17, 15) is 104 Å². The molecular formula is C67H94F2N10O23S. The number of aliphatic hydroxyl groups excluding tert-OH is 10. The molecule has 0 aliphatic rings. The number of nitrogens with one attached hydrogen (secondary N) is 7. The molecule has 1 aromatic heterocycles. The monoisotopic (exact) mass is 1480 g/mol. The molecule has 7 amide bonds. The Bertz CT molecular complexity index is 3580. The van der Waals surface area contributed by atoms with E-state index in [4.69, 9.17) is 15.9 Å². The fourth-order valence-electron chi connectivity index (χ4n) is 10.6. The minimum Gasteiger partial charge on any atom is -0.481 e. The summed E-state index contributed by atoms with van der Waals surface area (Å²) >= 11 is 3.90. The Morgan fingerprint density at radius 2 is 1.01 bits per heavy atom. The van der Waals surface area contributed by atoms with E-state index >= 15 is 8.78 Å². The van der Waals surface area contributed by atoms with Gasteiger partial charge >= 0.3 is 17.6 Å². The molecule has 13 atom stereocenters. The highest BCUT2D eigenvalue weighted by molar-refractivity contribution is 7.80. The molecule has 0 saturated carbocycles. The fourth-order valence-corrected chi connectivity index (χ4v) is 10.8. The van der Waals surface area contributed by atoms with Crippen molar-refractivity contribution in [3.63, 3.8) is 0 Å². The van der Waals surface area contributed by atoms with Gasteiger partial charge in [-0.1, -0.05) is 79.9 Å². The predicted octanol–water partition coefficient (Wildman–Crippen LogP) is -4.12. The second-order valence-electron chi connectivity index (χ2n) is 24.6. The van der Waals surface area contributed by atoms with Crippen LogP contribution in [0.4, 0.5) is 8.78 Å². The van der Waals surface area contributed by atoms with Crippen molar-refractivity contribution in [2.75, 3.05) is 38.6 Å². The molecule has 0 aliphatic carbocycles. The lowest BCUT2D eigenvalue weighted by molar-refractivity contribution is -0.142. The zero-order chi connectivity index (χ0) is 76.6. The number of amides is 7. The Labute approximate surface area is 595 Å². The Hall–Kier alpha value is -8.66. The largest absolute Gasteiger partial charge is 0.481 e. The van der Waals surface area contributed by atoms with Crippen LogP contribution in [0.25, 0.3) is 11.1 Å². The number of carbonyl (C=O) groups is 9. The maximum atomic E-state index is 15.0. The average molecular weight is 1480 g/mol. The van der Waals surface area contributed by atoms with Crippen molar-refractivity contribution in [2.45, 2.75) is 189 Å². The third kappa shape index (κ3) is 28.1. The summed E-state index contributed by atoms with van der Waals surface area (Å²) in [4.78, 5) is 146. The lowest BCUT2D eigenvalue weighted by Gasteiger charge is -2.26. The van der Waals surface area contributed by atoms with Crippen LogP contribution in [-0.2, 0) is 62.7 Å². The molecule has 21 N–H and O–H groups in total. The number of rotatable bonds is 47. The number of aromatic nitrogens is 2. The first-order chi connectivity index (χ1) is 48.8. The Balaban J connectivity index is 1.41. The number of carboxylic acids is 2. The van der Waals surface area contributed by atoms with Crippen LogP contribution >= 0.6 is 12.6 Å². The average Bonchev–Trinajstić information content (AvgIpc) is 0.761. The molecule has 0 aliphatic heterocycles. The first-order valence-corrected chi connectivity index (χ1v) is 33.9. The number of aliphatic carboxylic acids is 2. The number of aliphatic hydroxyl groups is 10. The van der Waals surface area contributed by atoms with Gasteiger partial charge in [0.05, 0.1) is 44.1 Å². The number of nitrogens with two attached hydrogens (primary N) is 1. The molecule has 0 unspecified atom stereocenters. The molecule has 103 heavy (non-hydrogen) atoms. The number of unbranched alkanes of at least 4 members (excludes halogenated alkanes) is 4. The zero-order valence-electron chi connectivity index (χ0n) is 56.5. The van der Waals surface area contributed by atoms with Crippen molar-refractivity contribution in [1.29, 1.82) is 0 Å². The smallest absolute Gasteiger partial charge is 0.331 e. The predicted molar refractivity (Wildman–Crippen MR) is 366 cm³/mol. The molecule has 0 fully saturated rings. The molecule has 33 nitrogen and oxygen atoms in total. The van der Waals surface area contributed by atoms with Crippen molar-refractivity contribution < 1.29 is 113 Å². The third-order valence-electron chi connectivity index (χ3n) is 16.8. The van der Waals surface area contributed by atoms with Gasteiger partial charge in [0.15, 0.2) is 0 Å². The number of benzene rings is 3. The summed E-state index contributed by atoms with van der Waals surface area (Å²) in [5.74, 6) is -11.9. The van der Waals surface area contributed by atoms with E-state index in [-0.39, 0.29) is 61.5 Å². The number of halogens is 2. The van der Waals surface area contributed by atoms with Gasteiger partial charge in [-0.2, -0.15) is 12.6 Å².